The van der Waals surface area contributed by atoms with Crippen molar-refractivity contribution < 1.29 is 9.47 Å². The second-order valence-corrected chi connectivity index (χ2v) is 6.96. The van der Waals surface area contributed by atoms with Gasteiger partial charge >= 0.3 is 0 Å². The van der Waals surface area contributed by atoms with Gasteiger partial charge in [0.2, 0.25) is 6.79 Å². The predicted molar refractivity (Wildman–Crippen MR) is 105 cm³/mol. The summed E-state index contributed by atoms with van der Waals surface area (Å²) in [5.74, 6) is 1.70. The van der Waals surface area contributed by atoms with Crippen LogP contribution in [0, 0.1) is 6.92 Å². The smallest absolute Gasteiger partial charge is 0.265 e. The van der Waals surface area contributed by atoms with Gasteiger partial charge in [-0.05, 0) is 47.1 Å². The molecule has 27 heavy (non-hydrogen) atoms. The van der Waals surface area contributed by atoms with Crippen LogP contribution >= 0.6 is 15.9 Å². The Kier molecular flexibility index (Phi) is 3.68. The summed E-state index contributed by atoms with van der Waals surface area (Å²) in [6.45, 7) is 2.27. The number of ether oxygens (including phenoxy) is 2. The molecular formula is C18H13BrN6O2. The van der Waals surface area contributed by atoms with Crippen LogP contribution < -0.4 is 14.9 Å². The van der Waals surface area contributed by atoms with Crippen molar-refractivity contribution in [1.82, 2.24) is 20.2 Å². The van der Waals surface area contributed by atoms with Gasteiger partial charge in [-0.15, -0.1) is 10.2 Å². The average molecular weight is 425 g/mol. The molecule has 0 amide bonds. The summed E-state index contributed by atoms with van der Waals surface area (Å²) >= 11 is 3.49. The summed E-state index contributed by atoms with van der Waals surface area (Å²) in [6.07, 6.45) is 1.65. The Labute approximate surface area is 161 Å². The number of H-pyrrole nitrogens is 1. The highest BCUT2D eigenvalue weighted by Crippen LogP contribution is 2.36. The minimum absolute atomic E-state index is 0.226. The van der Waals surface area contributed by atoms with Crippen LogP contribution in [0.4, 0.5) is 5.95 Å². The van der Waals surface area contributed by atoms with Crippen LogP contribution in [0.3, 0.4) is 0 Å². The van der Waals surface area contributed by atoms with Crippen LogP contribution in [0.1, 0.15) is 11.1 Å². The molecule has 1 aliphatic heterocycles. The number of rotatable bonds is 3. The molecular weight excluding hydrogens is 412 g/mol. The number of hydrogen-bond donors (Lipinski definition) is 2. The van der Waals surface area contributed by atoms with Crippen LogP contribution in [0.2, 0.25) is 0 Å². The molecule has 4 aromatic rings. The molecule has 2 N–H and O–H groups in total. The molecule has 0 saturated heterocycles. The number of aromatic amines is 1. The highest BCUT2D eigenvalue weighted by atomic mass is 79.9. The Balaban J connectivity index is 1.42. The van der Waals surface area contributed by atoms with Gasteiger partial charge in [-0.3, -0.25) is 0 Å². The predicted octanol–water partition coefficient (Wildman–Crippen LogP) is 3.75. The van der Waals surface area contributed by atoms with Crippen LogP contribution in [-0.2, 0) is 0 Å². The first-order chi connectivity index (χ1) is 13.2. The quantitative estimate of drug-likeness (QED) is 0.383. The number of anilines is 1. The van der Waals surface area contributed by atoms with Crippen molar-refractivity contribution in [3.63, 3.8) is 0 Å². The minimum Gasteiger partial charge on any atom is -0.454 e. The first-order valence-corrected chi connectivity index (χ1v) is 8.98. The Morgan fingerprint density at radius 1 is 1.19 bits per heavy atom. The SMILES string of the molecule is Cc1ccc2[nH]c3nc(N/N=C\c4cc5c(cc4Br)OCO5)nnc3c2c1. The van der Waals surface area contributed by atoms with Gasteiger partial charge in [-0.25, -0.2) is 5.43 Å². The summed E-state index contributed by atoms with van der Waals surface area (Å²) in [7, 11) is 0. The van der Waals surface area contributed by atoms with Gasteiger partial charge in [0.1, 0.15) is 5.52 Å². The molecule has 0 unspecified atom stereocenters. The zero-order valence-electron chi connectivity index (χ0n) is 14.2. The number of nitrogens with zero attached hydrogens (tertiary/aromatic N) is 4. The van der Waals surface area contributed by atoms with Gasteiger partial charge in [0.15, 0.2) is 17.1 Å². The van der Waals surface area contributed by atoms with Crippen LogP contribution in [0.15, 0.2) is 39.9 Å². The molecule has 0 aliphatic carbocycles. The molecule has 3 heterocycles. The molecule has 0 spiro atoms. The zero-order chi connectivity index (χ0) is 18.4. The van der Waals surface area contributed by atoms with Crippen LogP contribution in [0.5, 0.6) is 11.5 Å². The van der Waals surface area contributed by atoms with Crippen molar-refractivity contribution in [3.8, 4) is 11.5 Å². The maximum absolute atomic E-state index is 5.38. The van der Waals surface area contributed by atoms with Gasteiger partial charge in [0.25, 0.3) is 5.95 Å². The lowest BCUT2D eigenvalue weighted by atomic mass is 10.2. The summed E-state index contributed by atoms with van der Waals surface area (Å²) < 4.78 is 11.6. The van der Waals surface area contributed by atoms with Crippen LogP contribution in [-0.4, -0.2) is 33.2 Å². The molecule has 0 atom stereocenters. The third-order valence-corrected chi connectivity index (χ3v) is 4.92. The van der Waals surface area contributed by atoms with Crippen molar-refractivity contribution in [2.45, 2.75) is 6.92 Å². The van der Waals surface area contributed by atoms with E-state index in [1.165, 1.54) is 0 Å². The van der Waals surface area contributed by atoms with E-state index >= 15 is 0 Å². The third-order valence-electron chi connectivity index (χ3n) is 4.23. The lowest BCUT2D eigenvalue weighted by molar-refractivity contribution is 0.174. The summed E-state index contributed by atoms with van der Waals surface area (Å²) in [5.41, 5.74) is 7.17. The van der Waals surface area contributed by atoms with Gasteiger partial charge in [0, 0.05) is 20.9 Å². The lowest BCUT2D eigenvalue weighted by Crippen LogP contribution is -1.99. The molecule has 1 aliphatic rings. The Bertz CT molecular complexity index is 1220. The van der Waals surface area contributed by atoms with Gasteiger partial charge in [-0.2, -0.15) is 10.1 Å². The van der Waals surface area contributed by atoms with E-state index in [1.54, 1.807) is 6.21 Å². The second-order valence-electron chi connectivity index (χ2n) is 6.10. The van der Waals surface area contributed by atoms with E-state index < -0.39 is 0 Å². The lowest BCUT2D eigenvalue weighted by Gasteiger charge is -2.01. The largest absolute Gasteiger partial charge is 0.454 e. The van der Waals surface area contributed by atoms with Crippen molar-refractivity contribution in [1.29, 1.82) is 0 Å². The fourth-order valence-corrected chi connectivity index (χ4v) is 3.35. The highest BCUT2D eigenvalue weighted by Gasteiger charge is 2.15. The molecule has 0 bridgehead atoms. The summed E-state index contributed by atoms with van der Waals surface area (Å²) in [6, 6.07) is 9.81. The van der Waals surface area contributed by atoms with E-state index in [2.05, 4.69) is 52.7 Å². The van der Waals surface area contributed by atoms with Crippen LogP contribution in [0.25, 0.3) is 22.1 Å². The number of fused-ring (bicyclic) bond motifs is 4. The fourth-order valence-electron chi connectivity index (χ4n) is 2.92. The molecule has 8 nitrogen and oxygen atoms in total. The Morgan fingerprint density at radius 2 is 2.04 bits per heavy atom. The topological polar surface area (TPSA) is 97.3 Å². The van der Waals surface area contributed by atoms with E-state index in [4.69, 9.17) is 9.47 Å². The number of hydrogen-bond acceptors (Lipinski definition) is 7. The monoisotopic (exact) mass is 424 g/mol. The van der Waals surface area contributed by atoms with E-state index in [9.17, 15) is 0 Å². The fraction of sp³-hybridized carbons (Fsp3) is 0.111. The van der Waals surface area contributed by atoms with E-state index in [-0.39, 0.29) is 6.79 Å². The Morgan fingerprint density at radius 3 is 2.93 bits per heavy atom. The van der Waals surface area contributed by atoms with E-state index in [0.717, 1.165) is 32.0 Å². The highest BCUT2D eigenvalue weighted by molar-refractivity contribution is 9.10. The average Bonchev–Trinajstić information content (AvgIpc) is 3.25. The number of hydrazone groups is 1. The molecule has 0 radical (unpaired) electrons. The molecule has 134 valence electrons. The summed E-state index contributed by atoms with van der Waals surface area (Å²) in [4.78, 5) is 7.69. The van der Waals surface area contributed by atoms with Crippen molar-refractivity contribution >= 4 is 50.2 Å². The Hall–Kier alpha value is -3.20. The molecule has 2 aromatic carbocycles. The number of aromatic nitrogens is 4. The van der Waals surface area contributed by atoms with Crippen molar-refractivity contribution in [2.24, 2.45) is 5.10 Å². The van der Waals surface area contributed by atoms with E-state index in [0.29, 0.717) is 23.1 Å². The van der Waals surface area contributed by atoms with Gasteiger partial charge in [0.05, 0.1) is 6.21 Å². The first-order valence-electron chi connectivity index (χ1n) is 8.18. The molecule has 9 heteroatoms. The third kappa shape index (κ3) is 2.85. The van der Waals surface area contributed by atoms with E-state index in [1.807, 2.05) is 31.2 Å². The maximum atomic E-state index is 5.38. The van der Waals surface area contributed by atoms with Gasteiger partial charge in [-0.1, -0.05) is 11.6 Å². The van der Waals surface area contributed by atoms with Crippen molar-refractivity contribution in [3.05, 3.63) is 45.9 Å². The molecule has 0 saturated carbocycles. The number of benzene rings is 2. The minimum atomic E-state index is 0.226. The standard InChI is InChI=1S/C18H13BrN6O2/c1-9-2-3-13-11(4-9)16-17(21-13)22-18(25-23-16)24-20-7-10-5-14-15(6-12(10)19)27-8-26-14/h2-7H,8H2,1H3,(H2,21,22,24,25)/b20-7-. The number of nitrogens with one attached hydrogen (secondary N) is 2. The zero-order valence-corrected chi connectivity index (χ0v) is 15.7. The summed E-state index contributed by atoms with van der Waals surface area (Å²) in [5, 5.41) is 13.6. The molecule has 5 rings (SSSR count). The van der Waals surface area contributed by atoms with Crippen molar-refractivity contribution in [2.75, 3.05) is 12.2 Å². The first kappa shape index (κ1) is 16.0. The number of halogens is 1. The maximum Gasteiger partial charge on any atom is 0.265 e. The molecule has 2 aromatic heterocycles. The normalized spacial score (nSPS) is 13.1. The number of aryl methyl sites for hydroxylation is 1. The second kappa shape index (κ2) is 6.20. The molecule has 0 fully saturated rings. The van der Waals surface area contributed by atoms with Gasteiger partial charge < -0.3 is 14.5 Å².